The first-order valence-electron chi connectivity index (χ1n) is 6.08. The Morgan fingerprint density at radius 2 is 2.10 bits per heavy atom. The average Bonchev–Trinajstić information content (AvgIpc) is 2.90. The van der Waals surface area contributed by atoms with Crippen LogP contribution in [-0.2, 0) is 0 Å². The second-order valence-electron chi connectivity index (χ2n) is 4.53. The zero-order valence-corrected chi connectivity index (χ0v) is 12.5. The maximum atomic E-state index is 12.3. The van der Waals surface area contributed by atoms with E-state index in [9.17, 15) is 9.90 Å². The van der Waals surface area contributed by atoms with Crippen LogP contribution >= 0.6 is 23.3 Å². The standard InChI is InChI=1S/C14H10ClN3O2S/c1-7-2-3-8(11(19)6-7)14(20)16-12-9(15)4-5-10-13(12)18-21-17-10/h2-6,19H,1H3,(H,16,20). The Balaban J connectivity index is 2.00. The SMILES string of the molecule is Cc1ccc(C(=O)Nc2c(Cl)ccc3nsnc23)c(O)c1. The predicted octanol–water partition coefficient (Wildman–Crippen LogP) is 3.61. The van der Waals surface area contributed by atoms with Gasteiger partial charge in [0.15, 0.2) is 0 Å². The molecule has 2 aromatic carbocycles. The van der Waals surface area contributed by atoms with E-state index in [0.717, 1.165) is 17.3 Å². The van der Waals surface area contributed by atoms with E-state index in [-0.39, 0.29) is 11.3 Å². The van der Waals surface area contributed by atoms with Gasteiger partial charge >= 0.3 is 0 Å². The summed E-state index contributed by atoms with van der Waals surface area (Å²) in [6.45, 7) is 1.83. The number of aromatic hydroxyl groups is 1. The molecule has 0 saturated carbocycles. The number of fused-ring (bicyclic) bond motifs is 1. The van der Waals surface area contributed by atoms with Crippen LogP contribution in [0.2, 0.25) is 5.02 Å². The minimum absolute atomic E-state index is 0.0767. The third-order valence-corrected chi connectivity index (χ3v) is 3.87. The number of rotatable bonds is 2. The van der Waals surface area contributed by atoms with Gasteiger partial charge in [-0.05, 0) is 36.8 Å². The number of amides is 1. The van der Waals surface area contributed by atoms with Gasteiger partial charge in [0, 0.05) is 0 Å². The highest BCUT2D eigenvalue weighted by Crippen LogP contribution is 2.31. The fourth-order valence-corrected chi connectivity index (χ4v) is 2.70. The first-order chi connectivity index (χ1) is 10.1. The van der Waals surface area contributed by atoms with Crippen LogP contribution in [0.5, 0.6) is 5.75 Å². The third-order valence-electron chi connectivity index (χ3n) is 3.01. The van der Waals surface area contributed by atoms with E-state index in [2.05, 4.69) is 14.1 Å². The van der Waals surface area contributed by atoms with Crippen molar-refractivity contribution in [3.63, 3.8) is 0 Å². The van der Waals surface area contributed by atoms with Gasteiger partial charge in [0.1, 0.15) is 16.8 Å². The van der Waals surface area contributed by atoms with Crippen LogP contribution in [-0.4, -0.2) is 19.8 Å². The number of halogens is 1. The molecule has 0 radical (unpaired) electrons. The molecule has 0 unspecified atom stereocenters. The topological polar surface area (TPSA) is 75.1 Å². The van der Waals surface area contributed by atoms with Gasteiger partial charge in [-0.3, -0.25) is 4.79 Å². The Morgan fingerprint density at radius 1 is 1.29 bits per heavy atom. The number of nitrogens with one attached hydrogen (secondary N) is 1. The Bertz CT molecular complexity index is 847. The number of carbonyl (C=O) groups is 1. The van der Waals surface area contributed by atoms with Crippen LogP contribution < -0.4 is 5.32 Å². The largest absolute Gasteiger partial charge is 0.507 e. The van der Waals surface area contributed by atoms with E-state index in [4.69, 9.17) is 11.6 Å². The molecule has 3 rings (SSSR count). The monoisotopic (exact) mass is 319 g/mol. The molecule has 3 aromatic rings. The lowest BCUT2D eigenvalue weighted by Gasteiger charge is -2.09. The van der Waals surface area contributed by atoms with E-state index in [1.165, 1.54) is 6.07 Å². The van der Waals surface area contributed by atoms with Crippen molar-refractivity contribution in [1.82, 2.24) is 8.75 Å². The molecule has 2 N–H and O–H groups in total. The van der Waals surface area contributed by atoms with Gasteiger partial charge in [0.2, 0.25) is 0 Å². The van der Waals surface area contributed by atoms with Crippen molar-refractivity contribution >= 4 is 46.0 Å². The van der Waals surface area contributed by atoms with E-state index in [1.54, 1.807) is 24.3 Å². The molecule has 0 aliphatic rings. The number of hydrogen-bond donors (Lipinski definition) is 2. The molecule has 7 heteroatoms. The summed E-state index contributed by atoms with van der Waals surface area (Å²) < 4.78 is 8.23. The van der Waals surface area contributed by atoms with Gasteiger partial charge in [-0.1, -0.05) is 17.7 Å². The summed E-state index contributed by atoms with van der Waals surface area (Å²) in [5, 5.41) is 12.9. The number of hydrogen-bond acceptors (Lipinski definition) is 5. The zero-order valence-electron chi connectivity index (χ0n) is 10.9. The van der Waals surface area contributed by atoms with E-state index >= 15 is 0 Å². The molecule has 21 heavy (non-hydrogen) atoms. The van der Waals surface area contributed by atoms with Crippen LogP contribution in [0.25, 0.3) is 11.0 Å². The lowest BCUT2D eigenvalue weighted by atomic mass is 10.1. The lowest BCUT2D eigenvalue weighted by molar-refractivity contribution is 0.102. The van der Waals surface area contributed by atoms with Crippen molar-refractivity contribution in [2.24, 2.45) is 0 Å². The maximum Gasteiger partial charge on any atom is 0.259 e. The number of phenols is 1. The van der Waals surface area contributed by atoms with Crippen molar-refractivity contribution in [3.05, 3.63) is 46.5 Å². The first kappa shape index (κ1) is 13.8. The van der Waals surface area contributed by atoms with Crippen LogP contribution in [0, 0.1) is 6.92 Å². The molecular weight excluding hydrogens is 310 g/mol. The summed E-state index contributed by atoms with van der Waals surface area (Å²) in [7, 11) is 0. The summed E-state index contributed by atoms with van der Waals surface area (Å²) in [4.78, 5) is 12.3. The first-order valence-corrected chi connectivity index (χ1v) is 7.19. The van der Waals surface area contributed by atoms with Gasteiger partial charge in [0.25, 0.3) is 5.91 Å². The molecule has 1 amide bonds. The molecule has 1 heterocycles. The number of aryl methyl sites for hydroxylation is 1. The summed E-state index contributed by atoms with van der Waals surface area (Å²) in [6, 6.07) is 8.23. The van der Waals surface area contributed by atoms with Crippen molar-refractivity contribution in [2.75, 3.05) is 5.32 Å². The van der Waals surface area contributed by atoms with Gasteiger partial charge in [0.05, 0.1) is 28.0 Å². The Labute approximate surface area is 129 Å². The predicted molar refractivity (Wildman–Crippen MR) is 83.2 cm³/mol. The number of carbonyl (C=O) groups excluding carboxylic acids is 1. The molecule has 1 aromatic heterocycles. The quantitative estimate of drug-likeness (QED) is 0.756. The molecule has 0 spiro atoms. The Morgan fingerprint density at radius 3 is 2.86 bits per heavy atom. The summed E-state index contributed by atoms with van der Waals surface area (Å²) >= 11 is 7.16. The van der Waals surface area contributed by atoms with Gasteiger partial charge in [-0.15, -0.1) is 0 Å². The maximum absolute atomic E-state index is 12.3. The fourth-order valence-electron chi connectivity index (χ4n) is 1.96. The minimum atomic E-state index is -0.449. The fraction of sp³-hybridized carbons (Fsp3) is 0.0714. The smallest absolute Gasteiger partial charge is 0.259 e. The lowest BCUT2D eigenvalue weighted by Crippen LogP contribution is -2.13. The Kier molecular flexibility index (Phi) is 3.48. The van der Waals surface area contributed by atoms with Crippen molar-refractivity contribution < 1.29 is 9.90 Å². The molecule has 0 aliphatic carbocycles. The van der Waals surface area contributed by atoms with Crippen LogP contribution in [0.4, 0.5) is 5.69 Å². The molecule has 0 atom stereocenters. The molecule has 0 saturated heterocycles. The average molecular weight is 320 g/mol. The van der Waals surface area contributed by atoms with Crippen molar-refractivity contribution in [3.8, 4) is 5.75 Å². The zero-order chi connectivity index (χ0) is 15.0. The third kappa shape index (κ3) is 2.55. The summed E-state index contributed by atoms with van der Waals surface area (Å²) in [5.41, 5.74) is 2.64. The minimum Gasteiger partial charge on any atom is -0.507 e. The second kappa shape index (κ2) is 5.31. The van der Waals surface area contributed by atoms with Gasteiger partial charge < -0.3 is 10.4 Å². The molecule has 106 valence electrons. The number of nitrogens with zero attached hydrogens (tertiary/aromatic N) is 2. The summed E-state index contributed by atoms with van der Waals surface area (Å²) in [6.07, 6.45) is 0. The van der Waals surface area contributed by atoms with Crippen LogP contribution in [0.15, 0.2) is 30.3 Å². The Hall–Kier alpha value is -2.18. The molecule has 0 bridgehead atoms. The van der Waals surface area contributed by atoms with Gasteiger partial charge in [-0.25, -0.2) is 0 Å². The number of phenolic OH excluding ortho intramolecular Hbond substituents is 1. The van der Waals surface area contributed by atoms with Crippen molar-refractivity contribution in [1.29, 1.82) is 0 Å². The molecule has 5 nitrogen and oxygen atoms in total. The highest BCUT2D eigenvalue weighted by molar-refractivity contribution is 7.00. The molecule has 0 aliphatic heterocycles. The van der Waals surface area contributed by atoms with Crippen LogP contribution in [0.1, 0.15) is 15.9 Å². The normalized spacial score (nSPS) is 10.8. The summed E-state index contributed by atoms with van der Waals surface area (Å²) in [5.74, 6) is -0.526. The van der Waals surface area contributed by atoms with E-state index in [0.29, 0.717) is 21.7 Å². The number of anilines is 1. The second-order valence-corrected chi connectivity index (χ2v) is 5.46. The van der Waals surface area contributed by atoms with Gasteiger partial charge in [-0.2, -0.15) is 8.75 Å². The van der Waals surface area contributed by atoms with Crippen molar-refractivity contribution in [2.45, 2.75) is 6.92 Å². The van der Waals surface area contributed by atoms with E-state index < -0.39 is 5.91 Å². The molecule has 0 fully saturated rings. The highest BCUT2D eigenvalue weighted by Gasteiger charge is 2.16. The molecular formula is C14H10ClN3O2S. The highest BCUT2D eigenvalue weighted by atomic mass is 35.5. The van der Waals surface area contributed by atoms with Crippen LogP contribution in [0.3, 0.4) is 0 Å². The number of aromatic nitrogens is 2. The number of benzene rings is 2. The van der Waals surface area contributed by atoms with E-state index in [1.807, 2.05) is 6.92 Å².